The lowest BCUT2D eigenvalue weighted by atomic mass is 10.2. The van der Waals surface area contributed by atoms with Crippen molar-refractivity contribution in [3.63, 3.8) is 0 Å². The van der Waals surface area contributed by atoms with Gasteiger partial charge in [0.1, 0.15) is 5.75 Å². The lowest BCUT2D eigenvalue weighted by Gasteiger charge is -2.31. The minimum Gasteiger partial charge on any atom is -0.508 e. The Labute approximate surface area is 122 Å². The number of nitrogens with one attached hydrogen (secondary N) is 1. The number of benzene rings is 1. The van der Waals surface area contributed by atoms with E-state index < -0.39 is 17.8 Å². The molecular weight excluding hydrogens is 274 g/mol. The van der Waals surface area contributed by atoms with Gasteiger partial charge in [0.05, 0.1) is 0 Å². The van der Waals surface area contributed by atoms with Crippen molar-refractivity contribution in [3.8, 4) is 5.75 Å². The highest BCUT2D eigenvalue weighted by molar-refractivity contribution is 6.38. The fourth-order valence-electron chi connectivity index (χ4n) is 2.06. The molecule has 7 heteroatoms. The predicted octanol–water partition coefficient (Wildman–Crippen LogP) is 0.292. The van der Waals surface area contributed by atoms with Crippen LogP contribution in [0.1, 0.15) is 12.5 Å². The maximum atomic E-state index is 12.0. The molecule has 1 aliphatic heterocycles. The van der Waals surface area contributed by atoms with Crippen molar-refractivity contribution in [1.29, 1.82) is 0 Å². The molecule has 0 aromatic heterocycles. The fourth-order valence-corrected chi connectivity index (χ4v) is 2.06. The summed E-state index contributed by atoms with van der Waals surface area (Å²) in [7, 11) is 0. The average molecular weight is 291 g/mol. The molecule has 112 valence electrons. The van der Waals surface area contributed by atoms with Gasteiger partial charge in [-0.3, -0.25) is 14.5 Å². The molecule has 1 heterocycles. The number of piperazine rings is 1. The Morgan fingerprint density at radius 1 is 1.19 bits per heavy atom. The molecule has 4 amide bonds. The summed E-state index contributed by atoms with van der Waals surface area (Å²) in [5.41, 5.74) is 0.784. The van der Waals surface area contributed by atoms with E-state index in [2.05, 4.69) is 5.32 Å². The van der Waals surface area contributed by atoms with Crippen LogP contribution in [0.15, 0.2) is 24.3 Å². The second-order valence-corrected chi connectivity index (χ2v) is 4.67. The number of hydrogen-bond acceptors (Lipinski definition) is 4. The van der Waals surface area contributed by atoms with Gasteiger partial charge in [0.2, 0.25) is 0 Å². The first-order valence-electron chi connectivity index (χ1n) is 6.69. The van der Waals surface area contributed by atoms with Gasteiger partial charge in [-0.25, -0.2) is 4.79 Å². The lowest BCUT2D eigenvalue weighted by molar-refractivity contribution is -0.153. The molecule has 1 fully saturated rings. The van der Waals surface area contributed by atoms with Crippen LogP contribution in [-0.2, 0) is 16.1 Å². The largest absolute Gasteiger partial charge is 0.508 e. The molecule has 0 saturated carbocycles. The van der Waals surface area contributed by atoms with Gasteiger partial charge in [-0.2, -0.15) is 0 Å². The second-order valence-electron chi connectivity index (χ2n) is 4.67. The molecule has 0 radical (unpaired) electrons. The summed E-state index contributed by atoms with van der Waals surface area (Å²) in [6.07, 6.45) is 0. The Kier molecular flexibility index (Phi) is 4.42. The molecule has 2 rings (SSSR count). The van der Waals surface area contributed by atoms with Crippen LogP contribution in [0.5, 0.6) is 5.75 Å². The minimum absolute atomic E-state index is 0.140. The van der Waals surface area contributed by atoms with E-state index >= 15 is 0 Å². The smallest absolute Gasteiger partial charge is 0.324 e. The fraction of sp³-hybridized carbons (Fsp3) is 0.357. The van der Waals surface area contributed by atoms with Gasteiger partial charge in [-0.05, 0) is 24.6 Å². The van der Waals surface area contributed by atoms with Crippen molar-refractivity contribution >= 4 is 17.8 Å². The zero-order chi connectivity index (χ0) is 15.4. The molecule has 0 aliphatic carbocycles. The van der Waals surface area contributed by atoms with Crippen molar-refractivity contribution in [2.24, 2.45) is 0 Å². The molecule has 1 aliphatic rings. The van der Waals surface area contributed by atoms with Crippen LogP contribution in [0.3, 0.4) is 0 Å². The number of carbonyl (C=O) groups excluding carboxylic acids is 3. The molecule has 0 spiro atoms. The molecule has 7 nitrogen and oxygen atoms in total. The van der Waals surface area contributed by atoms with Crippen molar-refractivity contribution in [3.05, 3.63) is 29.8 Å². The highest BCUT2D eigenvalue weighted by Gasteiger charge is 2.35. The molecule has 1 aromatic carbocycles. The molecule has 2 N–H and O–H groups in total. The number of rotatable bonds is 3. The number of likely N-dealkylation sites (N-methyl/N-ethyl adjacent to an activating group) is 1. The van der Waals surface area contributed by atoms with Gasteiger partial charge in [0, 0.05) is 26.2 Å². The van der Waals surface area contributed by atoms with E-state index in [9.17, 15) is 14.4 Å². The summed E-state index contributed by atoms with van der Waals surface area (Å²) in [5.74, 6) is -1.31. The second kappa shape index (κ2) is 6.25. The van der Waals surface area contributed by atoms with Gasteiger partial charge in [-0.1, -0.05) is 12.1 Å². The molecule has 1 saturated heterocycles. The van der Waals surface area contributed by atoms with Gasteiger partial charge < -0.3 is 15.3 Å². The number of carbonyl (C=O) groups is 3. The molecule has 1 aromatic rings. The van der Waals surface area contributed by atoms with Crippen LogP contribution in [-0.4, -0.2) is 52.4 Å². The third kappa shape index (κ3) is 3.31. The van der Waals surface area contributed by atoms with E-state index in [0.29, 0.717) is 13.1 Å². The van der Waals surface area contributed by atoms with Crippen LogP contribution in [0, 0.1) is 0 Å². The standard InChI is InChI=1S/C14H17N3O4/c1-2-16-7-8-17(13(20)12(16)19)14(21)15-9-10-3-5-11(18)6-4-10/h3-6,18H,2,7-9H2,1H3,(H,15,21). The van der Waals surface area contributed by atoms with E-state index in [-0.39, 0.29) is 18.8 Å². The molecule has 21 heavy (non-hydrogen) atoms. The summed E-state index contributed by atoms with van der Waals surface area (Å²) in [5, 5.41) is 11.8. The molecule has 0 atom stereocenters. The molecule has 0 bridgehead atoms. The maximum Gasteiger partial charge on any atom is 0.324 e. The van der Waals surface area contributed by atoms with E-state index in [0.717, 1.165) is 10.5 Å². The number of phenols is 1. The predicted molar refractivity (Wildman–Crippen MR) is 74.3 cm³/mol. The lowest BCUT2D eigenvalue weighted by Crippen LogP contribution is -2.58. The van der Waals surface area contributed by atoms with E-state index in [1.807, 2.05) is 0 Å². The quantitative estimate of drug-likeness (QED) is 0.783. The van der Waals surface area contributed by atoms with Gasteiger partial charge in [0.15, 0.2) is 0 Å². The Balaban J connectivity index is 1.93. The Morgan fingerprint density at radius 3 is 2.48 bits per heavy atom. The number of hydrogen-bond donors (Lipinski definition) is 2. The number of amides is 4. The highest BCUT2D eigenvalue weighted by atomic mass is 16.3. The Hall–Kier alpha value is -2.57. The first-order valence-corrected chi connectivity index (χ1v) is 6.69. The normalized spacial score (nSPS) is 15.3. The van der Waals surface area contributed by atoms with Crippen molar-refractivity contribution in [2.45, 2.75) is 13.5 Å². The summed E-state index contributed by atoms with van der Waals surface area (Å²) in [6.45, 7) is 3.00. The summed E-state index contributed by atoms with van der Waals surface area (Å²) in [6, 6.07) is 5.76. The number of nitrogens with zero attached hydrogens (tertiary/aromatic N) is 2. The van der Waals surface area contributed by atoms with E-state index in [1.54, 1.807) is 19.1 Å². The van der Waals surface area contributed by atoms with Crippen LogP contribution >= 0.6 is 0 Å². The topological polar surface area (TPSA) is 89.9 Å². The van der Waals surface area contributed by atoms with Gasteiger partial charge >= 0.3 is 17.8 Å². The van der Waals surface area contributed by atoms with E-state index in [1.165, 1.54) is 17.0 Å². The third-order valence-corrected chi connectivity index (χ3v) is 3.32. The van der Waals surface area contributed by atoms with Crippen LogP contribution in [0.4, 0.5) is 4.79 Å². The average Bonchev–Trinajstić information content (AvgIpc) is 2.49. The zero-order valence-corrected chi connectivity index (χ0v) is 11.7. The number of imide groups is 1. The molecular formula is C14H17N3O4. The van der Waals surface area contributed by atoms with E-state index in [4.69, 9.17) is 5.11 Å². The minimum atomic E-state index is -0.800. The first kappa shape index (κ1) is 14.8. The summed E-state index contributed by atoms with van der Waals surface area (Å²) >= 11 is 0. The zero-order valence-electron chi connectivity index (χ0n) is 11.7. The number of urea groups is 1. The van der Waals surface area contributed by atoms with Crippen LogP contribution < -0.4 is 5.32 Å². The van der Waals surface area contributed by atoms with Gasteiger partial charge in [-0.15, -0.1) is 0 Å². The summed E-state index contributed by atoms with van der Waals surface area (Å²) in [4.78, 5) is 37.8. The van der Waals surface area contributed by atoms with Gasteiger partial charge in [0.25, 0.3) is 0 Å². The number of phenolic OH excluding ortho intramolecular Hbond substituents is 1. The van der Waals surface area contributed by atoms with Crippen LogP contribution in [0.2, 0.25) is 0 Å². The van der Waals surface area contributed by atoms with Crippen molar-refractivity contribution in [1.82, 2.24) is 15.1 Å². The highest BCUT2D eigenvalue weighted by Crippen LogP contribution is 2.10. The van der Waals surface area contributed by atoms with Crippen molar-refractivity contribution < 1.29 is 19.5 Å². The summed E-state index contributed by atoms with van der Waals surface area (Å²) < 4.78 is 0. The Bertz CT molecular complexity index is 556. The monoisotopic (exact) mass is 291 g/mol. The maximum absolute atomic E-state index is 12.0. The van der Waals surface area contributed by atoms with Crippen molar-refractivity contribution in [2.75, 3.05) is 19.6 Å². The third-order valence-electron chi connectivity index (χ3n) is 3.32. The van der Waals surface area contributed by atoms with Crippen LogP contribution in [0.25, 0.3) is 0 Å². The SMILES string of the molecule is CCN1CCN(C(=O)NCc2ccc(O)cc2)C(=O)C1=O. The Morgan fingerprint density at radius 2 is 1.86 bits per heavy atom. The number of aromatic hydroxyl groups is 1. The molecule has 0 unspecified atom stereocenters. The first-order chi connectivity index (χ1) is 10.0.